The van der Waals surface area contributed by atoms with Crippen LogP contribution in [-0.2, 0) is 6.42 Å². The summed E-state index contributed by atoms with van der Waals surface area (Å²) in [5.74, 6) is 0.815. The van der Waals surface area contributed by atoms with E-state index in [1.165, 1.54) is 16.8 Å². The maximum Gasteiger partial charge on any atom is 0.255 e. The Morgan fingerprint density at radius 3 is 2.68 bits per heavy atom. The number of benzene rings is 2. The molecule has 0 spiro atoms. The second-order valence-corrected chi connectivity index (χ2v) is 7.29. The summed E-state index contributed by atoms with van der Waals surface area (Å²) < 4.78 is 10.7. The van der Waals surface area contributed by atoms with Crippen molar-refractivity contribution in [3.63, 3.8) is 0 Å². The monoisotopic (exact) mass is 383 g/mol. The molecule has 1 aliphatic rings. The van der Waals surface area contributed by atoms with Crippen LogP contribution in [0.25, 0.3) is 0 Å². The molecule has 6 nitrogen and oxygen atoms in total. The molecule has 1 atom stereocenters. The highest BCUT2D eigenvalue weighted by atomic mass is 16.5. The number of carbonyl (C=O) groups is 1. The molecule has 0 radical (unpaired) electrons. The predicted octanol–water partition coefficient (Wildman–Crippen LogP) is 2.73. The molecule has 0 saturated carbocycles. The maximum absolute atomic E-state index is 12.8. The van der Waals surface area contributed by atoms with Crippen molar-refractivity contribution in [2.45, 2.75) is 12.5 Å². The third kappa shape index (κ3) is 3.92. The fraction of sp³-hybridized carbons (Fsp3) is 0.409. The molecule has 0 saturated heterocycles. The SMILES string of the molecule is COc1cccc(C(=O)NC[C@H](c2ccc3c(c2)CCN3C)N(C)C)c1OC. The second-order valence-electron chi connectivity index (χ2n) is 7.29. The summed E-state index contributed by atoms with van der Waals surface area (Å²) in [6, 6.07) is 12.0. The van der Waals surface area contributed by atoms with Crippen molar-refractivity contribution in [3.8, 4) is 11.5 Å². The van der Waals surface area contributed by atoms with Crippen LogP contribution in [-0.4, -0.2) is 59.3 Å². The van der Waals surface area contributed by atoms with Crippen LogP contribution in [0.3, 0.4) is 0 Å². The number of nitrogens with zero attached hydrogens (tertiary/aromatic N) is 2. The van der Waals surface area contributed by atoms with Crippen LogP contribution in [0.4, 0.5) is 5.69 Å². The van der Waals surface area contributed by atoms with E-state index in [1.54, 1.807) is 32.4 Å². The van der Waals surface area contributed by atoms with E-state index in [4.69, 9.17) is 9.47 Å². The first-order valence-electron chi connectivity index (χ1n) is 9.45. The Labute approximate surface area is 167 Å². The Hall–Kier alpha value is -2.73. The van der Waals surface area contributed by atoms with Crippen molar-refractivity contribution < 1.29 is 14.3 Å². The molecule has 0 fully saturated rings. The van der Waals surface area contributed by atoms with Crippen LogP contribution in [0.1, 0.15) is 27.5 Å². The van der Waals surface area contributed by atoms with Gasteiger partial charge in [0.25, 0.3) is 5.91 Å². The van der Waals surface area contributed by atoms with Gasteiger partial charge in [0.2, 0.25) is 0 Å². The van der Waals surface area contributed by atoms with Gasteiger partial charge in [0, 0.05) is 25.8 Å². The van der Waals surface area contributed by atoms with Crippen LogP contribution < -0.4 is 19.7 Å². The first-order valence-corrected chi connectivity index (χ1v) is 9.45. The van der Waals surface area contributed by atoms with Gasteiger partial charge in [0.05, 0.1) is 25.8 Å². The lowest BCUT2D eigenvalue weighted by Crippen LogP contribution is -2.34. The van der Waals surface area contributed by atoms with Crippen LogP contribution in [0, 0.1) is 0 Å². The fourth-order valence-corrected chi connectivity index (χ4v) is 3.74. The number of nitrogens with one attached hydrogen (secondary N) is 1. The minimum Gasteiger partial charge on any atom is -0.493 e. The number of amides is 1. The molecule has 1 aliphatic heterocycles. The first kappa shape index (κ1) is 20.0. The molecule has 3 rings (SSSR count). The number of carbonyl (C=O) groups excluding carboxylic acids is 1. The minimum absolute atomic E-state index is 0.0803. The Balaban J connectivity index is 1.77. The summed E-state index contributed by atoms with van der Waals surface area (Å²) in [6.07, 6.45) is 1.06. The van der Waals surface area contributed by atoms with Crippen molar-refractivity contribution in [2.24, 2.45) is 0 Å². The van der Waals surface area contributed by atoms with Gasteiger partial charge < -0.3 is 24.6 Å². The molecule has 2 aromatic carbocycles. The average molecular weight is 383 g/mol. The third-order valence-corrected chi connectivity index (χ3v) is 5.34. The highest BCUT2D eigenvalue weighted by Gasteiger charge is 2.22. The summed E-state index contributed by atoms with van der Waals surface area (Å²) in [4.78, 5) is 17.2. The molecular weight excluding hydrogens is 354 g/mol. The number of fused-ring (bicyclic) bond motifs is 1. The van der Waals surface area contributed by atoms with Gasteiger partial charge in [-0.2, -0.15) is 0 Å². The summed E-state index contributed by atoms with van der Waals surface area (Å²) in [5, 5.41) is 3.05. The highest BCUT2D eigenvalue weighted by Crippen LogP contribution is 2.32. The molecule has 0 bridgehead atoms. The summed E-state index contributed by atoms with van der Waals surface area (Å²) in [7, 11) is 9.28. The predicted molar refractivity (Wildman–Crippen MR) is 112 cm³/mol. The molecule has 28 heavy (non-hydrogen) atoms. The average Bonchev–Trinajstić information content (AvgIpc) is 3.07. The van der Waals surface area contributed by atoms with Crippen molar-refractivity contribution >= 4 is 11.6 Å². The lowest BCUT2D eigenvalue weighted by atomic mass is 10.0. The lowest BCUT2D eigenvalue weighted by Gasteiger charge is -2.26. The molecule has 0 aromatic heterocycles. The van der Waals surface area contributed by atoms with E-state index in [0.29, 0.717) is 23.6 Å². The van der Waals surface area contributed by atoms with Crippen molar-refractivity contribution in [1.82, 2.24) is 10.2 Å². The quantitative estimate of drug-likeness (QED) is 0.797. The molecule has 1 amide bonds. The van der Waals surface area contributed by atoms with Gasteiger partial charge >= 0.3 is 0 Å². The van der Waals surface area contributed by atoms with Crippen LogP contribution >= 0.6 is 0 Å². The van der Waals surface area contributed by atoms with Gasteiger partial charge in [-0.25, -0.2) is 0 Å². The molecule has 150 valence electrons. The number of methoxy groups -OCH3 is 2. The fourth-order valence-electron chi connectivity index (χ4n) is 3.74. The number of likely N-dealkylation sites (N-methyl/N-ethyl adjacent to an activating group) is 2. The third-order valence-electron chi connectivity index (χ3n) is 5.34. The topological polar surface area (TPSA) is 54.0 Å². The lowest BCUT2D eigenvalue weighted by molar-refractivity contribution is 0.0938. The smallest absolute Gasteiger partial charge is 0.255 e. The van der Waals surface area contributed by atoms with Crippen LogP contribution in [0.2, 0.25) is 0 Å². The van der Waals surface area contributed by atoms with E-state index in [1.807, 2.05) is 14.1 Å². The maximum atomic E-state index is 12.8. The van der Waals surface area contributed by atoms with E-state index in [2.05, 4.69) is 40.4 Å². The van der Waals surface area contributed by atoms with E-state index < -0.39 is 0 Å². The Kier molecular flexibility index (Phi) is 6.09. The normalized spacial score (nSPS) is 14.0. The number of rotatable bonds is 7. The summed E-state index contributed by atoms with van der Waals surface area (Å²) in [5.41, 5.74) is 4.34. The number of ether oxygens (including phenoxy) is 2. The number of anilines is 1. The largest absolute Gasteiger partial charge is 0.493 e. The van der Waals surface area contributed by atoms with Gasteiger partial charge in [0.15, 0.2) is 11.5 Å². The number of hydrogen-bond donors (Lipinski definition) is 1. The summed E-state index contributed by atoms with van der Waals surface area (Å²) >= 11 is 0. The molecule has 2 aromatic rings. The van der Waals surface area contributed by atoms with E-state index in [0.717, 1.165) is 13.0 Å². The zero-order valence-corrected chi connectivity index (χ0v) is 17.3. The number of para-hydroxylation sites is 1. The minimum atomic E-state index is -0.177. The van der Waals surface area contributed by atoms with Gasteiger partial charge in [-0.3, -0.25) is 4.79 Å². The Bertz CT molecular complexity index is 851. The van der Waals surface area contributed by atoms with Crippen LogP contribution in [0.15, 0.2) is 36.4 Å². The first-order chi connectivity index (χ1) is 13.5. The van der Waals surface area contributed by atoms with Crippen molar-refractivity contribution in [3.05, 3.63) is 53.1 Å². The standard InChI is InChI=1S/C22H29N3O3/c1-24(2)19(15-9-10-18-16(13-15)11-12-25(18)3)14-23-22(26)17-7-6-8-20(27-4)21(17)28-5/h6-10,13,19H,11-12,14H2,1-5H3,(H,23,26)/t19-/m1/s1. The highest BCUT2D eigenvalue weighted by molar-refractivity contribution is 5.97. The van der Waals surface area contributed by atoms with Gasteiger partial charge in [0.1, 0.15) is 0 Å². The van der Waals surface area contributed by atoms with Crippen LogP contribution in [0.5, 0.6) is 11.5 Å². The molecule has 0 aliphatic carbocycles. The van der Waals surface area contributed by atoms with E-state index in [9.17, 15) is 4.79 Å². The second kappa shape index (κ2) is 8.52. The molecule has 0 unspecified atom stereocenters. The van der Waals surface area contributed by atoms with Gasteiger partial charge in [-0.15, -0.1) is 0 Å². The van der Waals surface area contributed by atoms with Crippen molar-refractivity contribution in [2.75, 3.05) is 53.4 Å². The van der Waals surface area contributed by atoms with E-state index >= 15 is 0 Å². The zero-order chi connectivity index (χ0) is 20.3. The molecular formula is C22H29N3O3. The zero-order valence-electron chi connectivity index (χ0n) is 17.3. The summed E-state index contributed by atoms with van der Waals surface area (Å²) in [6.45, 7) is 1.55. The molecule has 1 heterocycles. The Morgan fingerprint density at radius 2 is 2.00 bits per heavy atom. The molecule has 1 N–H and O–H groups in total. The number of hydrogen-bond acceptors (Lipinski definition) is 5. The van der Waals surface area contributed by atoms with Gasteiger partial charge in [-0.1, -0.05) is 18.2 Å². The van der Waals surface area contributed by atoms with Crippen molar-refractivity contribution in [1.29, 1.82) is 0 Å². The van der Waals surface area contributed by atoms with Gasteiger partial charge in [-0.05, 0) is 49.8 Å². The van der Waals surface area contributed by atoms with E-state index in [-0.39, 0.29) is 11.9 Å². The molecule has 6 heteroatoms. The Morgan fingerprint density at radius 1 is 1.21 bits per heavy atom.